The van der Waals surface area contributed by atoms with Gasteiger partial charge in [-0.2, -0.15) is 0 Å². The molecule has 0 radical (unpaired) electrons. The average molecular weight is 310 g/mol. The molecule has 2 aliphatic rings. The Balaban J connectivity index is 2.51. The lowest BCUT2D eigenvalue weighted by molar-refractivity contribution is -0.145. The summed E-state index contributed by atoms with van der Waals surface area (Å²) in [6, 6.07) is 0. The van der Waals surface area contributed by atoms with Gasteiger partial charge in [0, 0.05) is 16.9 Å². The van der Waals surface area contributed by atoms with E-state index in [1.807, 2.05) is 13.8 Å². The van der Waals surface area contributed by atoms with Crippen molar-refractivity contribution >= 4 is 17.7 Å². The van der Waals surface area contributed by atoms with Crippen LogP contribution in [0.4, 0.5) is 0 Å². The van der Waals surface area contributed by atoms with Crippen LogP contribution in [0.5, 0.6) is 0 Å². The van der Waals surface area contributed by atoms with Gasteiger partial charge in [0.2, 0.25) is 0 Å². The highest BCUT2D eigenvalue weighted by Gasteiger charge is 2.62. The quantitative estimate of drug-likeness (QED) is 0.739. The number of rotatable bonds is 5. The van der Waals surface area contributed by atoms with E-state index in [-0.39, 0.29) is 29.1 Å². The summed E-state index contributed by atoms with van der Waals surface area (Å²) >= 11 is 0. The largest absolute Gasteiger partial charge is 0.478 e. The second-order valence-corrected chi connectivity index (χ2v) is 7.03. The molecule has 0 heterocycles. The minimum absolute atomic E-state index is 0.0905. The van der Waals surface area contributed by atoms with Crippen molar-refractivity contribution in [3.05, 3.63) is 11.6 Å². The number of esters is 1. The smallest absolute Gasteiger partial charge is 0.331 e. The Hall–Kier alpha value is -1.69. The Morgan fingerprint density at radius 2 is 2.00 bits per heavy atom. The van der Waals surface area contributed by atoms with Crippen LogP contribution in [0.15, 0.2) is 11.6 Å². The maximum absolute atomic E-state index is 12.5. The van der Waals surface area contributed by atoms with E-state index in [4.69, 9.17) is 0 Å². The third-order valence-electron chi connectivity index (χ3n) is 5.09. The molecule has 0 spiro atoms. The molecule has 0 amide bonds. The number of aliphatic hydroxyl groups is 1. The molecule has 0 aliphatic heterocycles. The van der Waals surface area contributed by atoms with Crippen LogP contribution in [0.3, 0.4) is 0 Å². The summed E-state index contributed by atoms with van der Waals surface area (Å²) in [5, 5.41) is 18.8. The highest BCUT2D eigenvalue weighted by Crippen LogP contribution is 2.63. The van der Waals surface area contributed by atoms with Crippen LogP contribution < -0.4 is 0 Å². The van der Waals surface area contributed by atoms with E-state index in [1.54, 1.807) is 6.08 Å². The van der Waals surface area contributed by atoms with E-state index in [0.717, 1.165) is 0 Å². The van der Waals surface area contributed by atoms with Gasteiger partial charge < -0.3 is 14.9 Å². The van der Waals surface area contributed by atoms with Gasteiger partial charge >= 0.3 is 11.9 Å². The Morgan fingerprint density at radius 3 is 2.50 bits per heavy atom. The number of methoxy groups -OCH3 is 1. The number of aliphatic hydroxyl groups excluding tert-OH is 1. The van der Waals surface area contributed by atoms with Gasteiger partial charge in [0.05, 0.1) is 13.5 Å². The van der Waals surface area contributed by atoms with Crippen LogP contribution in [-0.4, -0.2) is 41.7 Å². The maximum Gasteiger partial charge on any atom is 0.331 e. The Bertz CT molecular complexity index is 547. The molecule has 0 aromatic rings. The van der Waals surface area contributed by atoms with Crippen molar-refractivity contribution in [3.63, 3.8) is 0 Å². The minimum Gasteiger partial charge on any atom is -0.478 e. The highest BCUT2D eigenvalue weighted by atomic mass is 16.5. The molecular weight excluding hydrogens is 288 g/mol. The number of allylic oxidation sites excluding steroid dienone is 1. The topological polar surface area (TPSA) is 101 Å². The van der Waals surface area contributed by atoms with E-state index in [9.17, 15) is 24.6 Å². The number of carboxylic acids is 1. The zero-order chi connectivity index (χ0) is 16.7. The van der Waals surface area contributed by atoms with Crippen LogP contribution in [-0.2, 0) is 19.1 Å². The first-order chi connectivity index (χ1) is 10.2. The number of ketones is 1. The number of carbonyl (C=O) groups excluding carboxylic acids is 2. The molecule has 1 fully saturated rings. The Kier molecular flexibility index (Phi) is 4.17. The zero-order valence-electron chi connectivity index (χ0n) is 13.1. The molecule has 0 bridgehead atoms. The van der Waals surface area contributed by atoms with Gasteiger partial charge in [-0.3, -0.25) is 9.59 Å². The monoisotopic (exact) mass is 310 g/mol. The van der Waals surface area contributed by atoms with Crippen molar-refractivity contribution in [3.8, 4) is 0 Å². The van der Waals surface area contributed by atoms with Crippen LogP contribution in [0.1, 0.15) is 33.1 Å². The molecule has 0 aromatic carbocycles. The van der Waals surface area contributed by atoms with Crippen molar-refractivity contribution in [1.82, 2.24) is 0 Å². The molecule has 122 valence electrons. The highest BCUT2D eigenvalue weighted by molar-refractivity contribution is 5.96. The predicted molar refractivity (Wildman–Crippen MR) is 76.9 cm³/mol. The molecule has 2 N–H and O–H groups in total. The third-order valence-corrected chi connectivity index (χ3v) is 5.09. The third kappa shape index (κ3) is 2.45. The standard InChI is InChI=1S/C16H22O6/c1-15(2)6-9-4-10(14(20)21)11(5-13(19)22-3)16(9,8-15)12(18)7-17/h4,9,11,17H,5-8H2,1-3H3,(H,20,21)/t9-,11+,16-/m0/s1. The molecule has 0 unspecified atom stereocenters. The minimum atomic E-state index is -1.12. The molecular formula is C16H22O6. The fourth-order valence-corrected chi connectivity index (χ4v) is 4.38. The van der Waals surface area contributed by atoms with Gasteiger partial charge in [0.15, 0.2) is 5.78 Å². The molecule has 1 saturated carbocycles. The SMILES string of the molecule is COC(=O)C[C@@H]1C(C(=O)O)=C[C@H]2CC(C)(C)C[C@@]12C(=O)CO. The number of carbonyl (C=O) groups is 3. The summed E-state index contributed by atoms with van der Waals surface area (Å²) in [4.78, 5) is 35.8. The lowest BCUT2D eigenvalue weighted by atomic mass is 9.66. The molecule has 3 atom stereocenters. The molecule has 2 aliphatic carbocycles. The average Bonchev–Trinajstić information content (AvgIpc) is 2.87. The van der Waals surface area contributed by atoms with Crippen LogP contribution >= 0.6 is 0 Å². The van der Waals surface area contributed by atoms with Crippen LogP contribution in [0.25, 0.3) is 0 Å². The Labute approximate surface area is 129 Å². The molecule has 6 nitrogen and oxygen atoms in total. The van der Waals surface area contributed by atoms with Crippen molar-refractivity contribution in [2.24, 2.45) is 22.7 Å². The van der Waals surface area contributed by atoms with Crippen molar-refractivity contribution < 1.29 is 29.3 Å². The first-order valence-corrected chi connectivity index (χ1v) is 7.34. The number of hydrogen-bond acceptors (Lipinski definition) is 5. The van der Waals surface area contributed by atoms with E-state index >= 15 is 0 Å². The van der Waals surface area contributed by atoms with E-state index in [1.165, 1.54) is 7.11 Å². The summed E-state index contributed by atoms with van der Waals surface area (Å²) in [6.07, 6.45) is 2.57. The zero-order valence-corrected chi connectivity index (χ0v) is 13.1. The summed E-state index contributed by atoms with van der Waals surface area (Å²) < 4.78 is 4.67. The lowest BCUT2D eigenvalue weighted by Gasteiger charge is -2.35. The van der Waals surface area contributed by atoms with Crippen molar-refractivity contribution in [2.45, 2.75) is 33.1 Å². The number of carboxylic acid groups (broad SMARTS) is 1. The Morgan fingerprint density at radius 1 is 1.36 bits per heavy atom. The fourth-order valence-electron chi connectivity index (χ4n) is 4.38. The van der Waals surface area contributed by atoms with Crippen LogP contribution in [0.2, 0.25) is 0 Å². The molecule has 2 rings (SSSR count). The summed E-state index contributed by atoms with van der Waals surface area (Å²) in [7, 11) is 1.23. The first kappa shape index (κ1) is 16.7. The van der Waals surface area contributed by atoms with Crippen molar-refractivity contribution in [2.75, 3.05) is 13.7 Å². The van der Waals surface area contributed by atoms with Gasteiger partial charge in [-0.15, -0.1) is 0 Å². The molecule has 0 aromatic heterocycles. The van der Waals surface area contributed by atoms with E-state index < -0.39 is 29.9 Å². The van der Waals surface area contributed by atoms with Gasteiger partial charge in [0.1, 0.15) is 6.61 Å². The summed E-state index contributed by atoms with van der Waals surface area (Å²) in [5.74, 6) is -3.06. The first-order valence-electron chi connectivity index (χ1n) is 7.34. The number of fused-ring (bicyclic) bond motifs is 1. The van der Waals surface area contributed by atoms with Crippen molar-refractivity contribution in [1.29, 1.82) is 0 Å². The normalized spacial score (nSPS) is 32.3. The van der Waals surface area contributed by atoms with Gasteiger partial charge in [-0.1, -0.05) is 19.9 Å². The molecule has 6 heteroatoms. The van der Waals surface area contributed by atoms with E-state index in [0.29, 0.717) is 12.8 Å². The van der Waals surface area contributed by atoms with Crippen LogP contribution in [0, 0.1) is 22.7 Å². The number of aliphatic carboxylic acids is 1. The molecule has 22 heavy (non-hydrogen) atoms. The van der Waals surface area contributed by atoms with Gasteiger partial charge in [-0.25, -0.2) is 4.79 Å². The molecule has 0 saturated heterocycles. The lowest BCUT2D eigenvalue weighted by Crippen LogP contribution is -2.42. The second-order valence-electron chi connectivity index (χ2n) is 7.03. The number of ether oxygens (including phenoxy) is 1. The van der Waals surface area contributed by atoms with E-state index in [2.05, 4.69) is 4.74 Å². The van der Waals surface area contributed by atoms with Gasteiger partial charge in [-0.05, 0) is 24.2 Å². The predicted octanol–water partition coefficient (Wildman–Crippen LogP) is 1.17. The number of hydrogen-bond donors (Lipinski definition) is 2. The van der Waals surface area contributed by atoms with Gasteiger partial charge in [0.25, 0.3) is 0 Å². The summed E-state index contributed by atoms with van der Waals surface area (Å²) in [5.41, 5.74) is -1.07. The number of Topliss-reactive ketones (excluding diaryl/α,β-unsaturated/α-hetero) is 1. The summed E-state index contributed by atoms with van der Waals surface area (Å²) in [6.45, 7) is 3.38. The second kappa shape index (κ2) is 5.50. The fraction of sp³-hybridized carbons (Fsp3) is 0.688. The maximum atomic E-state index is 12.5.